The summed E-state index contributed by atoms with van der Waals surface area (Å²) >= 11 is 0. The van der Waals surface area contributed by atoms with Gasteiger partial charge in [-0.1, -0.05) is 0 Å². The largest absolute Gasteiger partial charge is 0.497 e. The van der Waals surface area contributed by atoms with Crippen LogP contribution in [-0.2, 0) is 10.0 Å². The van der Waals surface area contributed by atoms with Gasteiger partial charge in [-0.2, -0.15) is 0 Å². The summed E-state index contributed by atoms with van der Waals surface area (Å²) in [4.78, 5) is 10.0. The number of nitro groups is 1. The molecule has 0 spiro atoms. The molecule has 9 nitrogen and oxygen atoms in total. The first-order valence-corrected chi connectivity index (χ1v) is 10.1. The smallest absolute Gasteiger partial charge is 0.269 e. The fourth-order valence-corrected chi connectivity index (χ4v) is 3.60. The Bertz CT molecular complexity index is 1140. The van der Waals surface area contributed by atoms with Crippen molar-refractivity contribution < 1.29 is 27.6 Å². The molecule has 0 aromatic heterocycles. The number of nitrogens with one attached hydrogen (secondary N) is 1. The Morgan fingerprint density at radius 2 is 1.47 bits per heavy atom. The number of non-ortho nitro benzene ring substituents is 1. The third-order valence-corrected chi connectivity index (χ3v) is 5.46. The molecule has 0 fully saturated rings. The minimum absolute atomic E-state index is 0.110. The molecule has 0 radical (unpaired) electrons. The minimum atomic E-state index is -3.96. The average molecular weight is 430 g/mol. The molecule has 0 amide bonds. The van der Waals surface area contributed by atoms with Crippen LogP contribution in [0.3, 0.4) is 0 Å². The lowest BCUT2D eigenvalue weighted by atomic mass is 10.2. The summed E-state index contributed by atoms with van der Waals surface area (Å²) in [5, 5.41) is 10.7. The summed E-state index contributed by atoms with van der Waals surface area (Å²) in [5.74, 6) is 1.87. The highest BCUT2D eigenvalue weighted by atomic mass is 32.2. The topological polar surface area (TPSA) is 117 Å². The van der Waals surface area contributed by atoms with Crippen molar-refractivity contribution in [1.29, 1.82) is 0 Å². The Morgan fingerprint density at radius 3 is 2.03 bits per heavy atom. The van der Waals surface area contributed by atoms with E-state index in [0.717, 1.165) is 12.1 Å². The van der Waals surface area contributed by atoms with Gasteiger partial charge in [-0.3, -0.25) is 14.8 Å². The molecule has 0 aliphatic carbocycles. The van der Waals surface area contributed by atoms with Crippen LogP contribution in [0.15, 0.2) is 71.6 Å². The van der Waals surface area contributed by atoms with E-state index in [4.69, 9.17) is 14.2 Å². The molecule has 30 heavy (non-hydrogen) atoms. The second-order valence-electron chi connectivity index (χ2n) is 6.00. The summed E-state index contributed by atoms with van der Waals surface area (Å²) < 4.78 is 43.8. The highest BCUT2D eigenvalue weighted by Gasteiger charge is 2.17. The number of hydrogen-bond acceptors (Lipinski definition) is 7. The molecule has 0 unspecified atom stereocenters. The predicted octanol–water partition coefficient (Wildman–Crippen LogP) is 4.21. The minimum Gasteiger partial charge on any atom is -0.497 e. The van der Waals surface area contributed by atoms with E-state index >= 15 is 0 Å². The van der Waals surface area contributed by atoms with Crippen molar-refractivity contribution in [1.82, 2.24) is 0 Å². The van der Waals surface area contributed by atoms with Crippen LogP contribution in [0.5, 0.6) is 23.0 Å². The van der Waals surface area contributed by atoms with E-state index in [-0.39, 0.29) is 16.3 Å². The summed E-state index contributed by atoms with van der Waals surface area (Å²) in [6.07, 6.45) is 0. The van der Waals surface area contributed by atoms with E-state index in [1.165, 1.54) is 31.4 Å². The zero-order valence-corrected chi connectivity index (χ0v) is 16.9. The second-order valence-corrected chi connectivity index (χ2v) is 7.68. The molecule has 0 saturated heterocycles. The molecule has 0 heterocycles. The molecule has 3 aromatic rings. The SMILES string of the molecule is COc1ccc(Oc2cc(NS(=O)(=O)c3ccc([N+](=O)[O-])cc3)ccc2OC)cc1. The molecule has 156 valence electrons. The maximum atomic E-state index is 12.6. The molecule has 10 heteroatoms. The number of nitro benzene ring substituents is 1. The number of hydrogen-bond donors (Lipinski definition) is 1. The molecule has 0 bridgehead atoms. The van der Waals surface area contributed by atoms with Crippen LogP contribution in [0, 0.1) is 10.1 Å². The van der Waals surface area contributed by atoms with Gasteiger partial charge in [-0.05, 0) is 48.5 Å². The van der Waals surface area contributed by atoms with Crippen molar-refractivity contribution in [2.24, 2.45) is 0 Å². The Hall–Kier alpha value is -3.79. The van der Waals surface area contributed by atoms with E-state index in [9.17, 15) is 18.5 Å². The molecule has 0 atom stereocenters. The number of benzene rings is 3. The number of methoxy groups -OCH3 is 2. The van der Waals surface area contributed by atoms with Crippen LogP contribution >= 0.6 is 0 Å². The highest BCUT2D eigenvalue weighted by Crippen LogP contribution is 2.35. The van der Waals surface area contributed by atoms with Gasteiger partial charge in [0.25, 0.3) is 15.7 Å². The summed E-state index contributed by atoms with van der Waals surface area (Å²) in [6, 6.07) is 16.0. The molecule has 1 N–H and O–H groups in total. The van der Waals surface area contributed by atoms with Crippen LogP contribution in [0.1, 0.15) is 0 Å². The number of sulfonamides is 1. The molecular formula is C20H18N2O7S. The molecular weight excluding hydrogens is 412 g/mol. The third-order valence-electron chi connectivity index (χ3n) is 4.06. The molecule has 3 aromatic carbocycles. The van der Waals surface area contributed by atoms with Crippen molar-refractivity contribution in [2.45, 2.75) is 4.90 Å². The van der Waals surface area contributed by atoms with Gasteiger partial charge in [-0.15, -0.1) is 0 Å². The van der Waals surface area contributed by atoms with Crippen LogP contribution in [-0.4, -0.2) is 27.6 Å². The third kappa shape index (κ3) is 4.78. The maximum absolute atomic E-state index is 12.6. The van der Waals surface area contributed by atoms with Crippen LogP contribution in [0.25, 0.3) is 0 Å². The zero-order valence-electron chi connectivity index (χ0n) is 16.1. The Balaban J connectivity index is 1.85. The fourth-order valence-electron chi connectivity index (χ4n) is 2.55. The molecule has 0 saturated carbocycles. The number of anilines is 1. The van der Waals surface area contributed by atoms with Crippen LogP contribution < -0.4 is 18.9 Å². The van der Waals surface area contributed by atoms with Gasteiger partial charge in [0.05, 0.1) is 29.7 Å². The van der Waals surface area contributed by atoms with E-state index in [1.54, 1.807) is 37.4 Å². The highest BCUT2D eigenvalue weighted by molar-refractivity contribution is 7.92. The van der Waals surface area contributed by atoms with Gasteiger partial charge < -0.3 is 14.2 Å². The molecule has 0 aliphatic heterocycles. The van der Waals surface area contributed by atoms with E-state index in [2.05, 4.69) is 4.72 Å². The normalized spacial score (nSPS) is 10.9. The Morgan fingerprint density at radius 1 is 0.833 bits per heavy atom. The van der Waals surface area contributed by atoms with Gasteiger partial charge >= 0.3 is 0 Å². The van der Waals surface area contributed by atoms with Crippen molar-refractivity contribution in [2.75, 3.05) is 18.9 Å². The Kier molecular flexibility index (Phi) is 6.07. The van der Waals surface area contributed by atoms with E-state index in [0.29, 0.717) is 23.0 Å². The lowest BCUT2D eigenvalue weighted by Crippen LogP contribution is -2.13. The first-order chi connectivity index (χ1) is 14.3. The van der Waals surface area contributed by atoms with E-state index < -0.39 is 14.9 Å². The van der Waals surface area contributed by atoms with Crippen LogP contribution in [0.2, 0.25) is 0 Å². The zero-order chi connectivity index (χ0) is 21.7. The molecule has 0 aliphatic rings. The average Bonchev–Trinajstić information content (AvgIpc) is 2.74. The van der Waals surface area contributed by atoms with Gasteiger partial charge in [0, 0.05) is 18.2 Å². The lowest BCUT2D eigenvalue weighted by Gasteiger charge is -2.14. The van der Waals surface area contributed by atoms with Gasteiger partial charge in [0.15, 0.2) is 11.5 Å². The summed E-state index contributed by atoms with van der Waals surface area (Å²) in [7, 11) is -0.935. The summed E-state index contributed by atoms with van der Waals surface area (Å²) in [6.45, 7) is 0. The first-order valence-electron chi connectivity index (χ1n) is 8.59. The van der Waals surface area contributed by atoms with Gasteiger partial charge in [0.2, 0.25) is 0 Å². The standard InChI is InChI=1S/C20H18N2O7S/c1-27-16-6-8-17(9-7-16)29-20-13-14(3-12-19(20)28-2)21-30(25,26)18-10-4-15(5-11-18)22(23)24/h3-13,21H,1-2H3. The van der Waals surface area contributed by atoms with Crippen molar-refractivity contribution in [3.05, 3.63) is 76.8 Å². The van der Waals surface area contributed by atoms with Crippen molar-refractivity contribution in [3.63, 3.8) is 0 Å². The maximum Gasteiger partial charge on any atom is 0.269 e. The van der Waals surface area contributed by atoms with Gasteiger partial charge in [-0.25, -0.2) is 8.42 Å². The summed E-state index contributed by atoms with van der Waals surface area (Å²) in [5.41, 5.74) is 0.0336. The van der Waals surface area contributed by atoms with E-state index in [1.807, 2.05) is 0 Å². The monoisotopic (exact) mass is 430 g/mol. The first kappa shape index (κ1) is 20.9. The fraction of sp³-hybridized carbons (Fsp3) is 0.100. The number of ether oxygens (including phenoxy) is 3. The lowest BCUT2D eigenvalue weighted by molar-refractivity contribution is -0.384. The predicted molar refractivity (Wildman–Crippen MR) is 110 cm³/mol. The van der Waals surface area contributed by atoms with Crippen molar-refractivity contribution >= 4 is 21.4 Å². The number of rotatable bonds is 8. The van der Waals surface area contributed by atoms with Gasteiger partial charge in [0.1, 0.15) is 11.5 Å². The van der Waals surface area contributed by atoms with Crippen LogP contribution in [0.4, 0.5) is 11.4 Å². The number of nitrogens with zero attached hydrogens (tertiary/aromatic N) is 1. The Labute approximate surface area is 173 Å². The molecule has 3 rings (SSSR count). The van der Waals surface area contributed by atoms with Crippen molar-refractivity contribution in [3.8, 4) is 23.0 Å². The second kappa shape index (κ2) is 8.70. The quantitative estimate of drug-likeness (QED) is 0.420.